The second-order valence-electron chi connectivity index (χ2n) is 9.98. The van der Waals surface area contributed by atoms with Gasteiger partial charge in [0.1, 0.15) is 5.60 Å². The third-order valence-electron chi connectivity index (χ3n) is 5.58. The van der Waals surface area contributed by atoms with Crippen LogP contribution in [0.3, 0.4) is 0 Å². The first-order valence-corrected chi connectivity index (χ1v) is 13.1. The van der Waals surface area contributed by atoms with E-state index in [9.17, 15) is 9.59 Å². The fourth-order valence-electron chi connectivity index (χ4n) is 3.76. The molecule has 0 fully saturated rings. The number of H-pyrrole nitrogens is 1. The predicted molar refractivity (Wildman–Crippen MR) is 143 cm³/mol. The van der Waals surface area contributed by atoms with Crippen molar-refractivity contribution in [3.8, 4) is 0 Å². The standard InChI is InChI=1S/C29H43N3O3/c1-29(2,3)35-26(33)16-14-12-10-8-6-4-5-7-9-11-13-15-21-30-25-19-17-24(18-20-25)27(34)28-31-22-23-32-28/h9,11,17-20,22-23,30H,4-8,10,12-16,21H2,1-3H3,(H,31,32). The molecule has 0 spiro atoms. The average molecular weight is 482 g/mol. The van der Waals surface area contributed by atoms with Crippen LogP contribution in [0.25, 0.3) is 0 Å². The number of imidazole rings is 1. The Morgan fingerprint density at radius 3 is 2.17 bits per heavy atom. The molecule has 1 aromatic heterocycles. The highest BCUT2D eigenvalue weighted by Gasteiger charge is 2.15. The molecular weight excluding hydrogens is 438 g/mol. The van der Waals surface area contributed by atoms with E-state index >= 15 is 0 Å². The number of benzene rings is 1. The molecule has 192 valence electrons. The lowest BCUT2D eigenvalue weighted by Gasteiger charge is -2.19. The average Bonchev–Trinajstić information content (AvgIpc) is 3.35. The zero-order valence-corrected chi connectivity index (χ0v) is 21.8. The molecule has 0 unspecified atom stereocenters. The monoisotopic (exact) mass is 481 g/mol. The number of hydrogen-bond acceptors (Lipinski definition) is 5. The van der Waals surface area contributed by atoms with E-state index in [1.54, 1.807) is 12.4 Å². The third kappa shape index (κ3) is 13.0. The van der Waals surface area contributed by atoms with Crippen LogP contribution in [0.15, 0.2) is 48.8 Å². The number of carbonyl (C=O) groups is 2. The molecule has 0 amide bonds. The highest BCUT2D eigenvalue weighted by Crippen LogP contribution is 2.14. The number of aromatic nitrogens is 2. The van der Waals surface area contributed by atoms with Gasteiger partial charge in [0.05, 0.1) is 0 Å². The first kappa shape index (κ1) is 28.3. The Hall–Kier alpha value is -2.89. The number of anilines is 1. The number of rotatable bonds is 17. The largest absolute Gasteiger partial charge is 0.460 e. The topological polar surface area (TPSA) is 84.1 Å². The van der Waals surface area contributed by atoms with Crippen molar-refractivity contribution in [3.05, 3.63) is 60.2 Å². The number of ether oxygens (including phenoxy) is 1. The molecule has 1 aromatic carbocycles. The first-order valence-electron chi connectivity index (χ1n) is 13.1. The van der Waals surface area contributed by atoms with Crippen molar-refractivity contribution in [2.45, 2.75) is 97.0 Å². The van der Waals surface area contributed by atoms with Gasteiger partial charge in [-0.3, -0.25) is 9.59 Å². The van der Waals surface area contributed by atoms with E-state index in [1.165, 1.54) is 32.1 Å². The Kier molecular flexibility index (Phi) is 12.9. The molecule has 0 aliphatic carbocycles. The van der Waals surface area contributed by atoms with Crippen molar-refractivity contribution in [2.24, 2.45) is 0 Å². The van der Waals surface area contributed by atoms with Crippen molar-refractivity contribution in [2.75, 3.05) is 11.9 Å². The molecule has 0 aliphatic heterocycles. The maximum atomic E-state index is 12.2. The number of allylic oxidation sites excluding steroid dienone is 2. The van der Waals surface area contributed by atoms with Crippen LogP contribution in [0.2, 0.25) is 0 Å². The van der Waals surface area contributed by atoms with Crippen LogP contribution in [0.1, 0.15) is 108 Å². The second kappa shape index (κ2) is 15.9. The Bertz CT molecular complexity index is 881. The highest BCUT2D eigenvalue weighted by atomic mass is 16.6. The lowest BCUT2D eigenvalue weighted by molar-refractivity contribution is -0.154. The van der Waals surface area contributed by atoms with Crippen molar-refractivity contribution >= 4 is 17.4 Å². The van der Waals surface area contributed by atoms with E-state index in [0.717, 1.165) is 44.3 Å². The molecule has 1 heterocycles. The number of hydrogen-bond donors (Lipinski definition) is 2. The van der Waals surface area contributed by atoms with Gasteiger partial charge in [0.2, 0.25) is 5.78 Å². The molecule has 2 aromatic rings. The maximum Gasteiger partial charge on any atom is 0.306 e. The molecule has 0 bridgehead atoms. The predicted octanol–water partition coefficient (Wildman–Crippen LogP) is 7.24. The minimum Gasteiger partial charge on any atom is -0.460 e. The lowest BCUT2D eigenvalue weighted by Crippen LogP contribution is -2.23. The number of carbonyl (C=O) groups excluding carboxylic acids is 2. The number of ketones is 1. The summed E-state index contributed by atoms with van der Waals surface area (Å²) >= 11 is 0. The summed E-state index contributed by atoms with van der Waals surface area (Å²) in [5.41, 5.74) is 1.28. The van der Waals surface area contributed by atoms with Crippen molar-refractivity contribution in [1.29, 1.82) is 0 Å². The number of esters is 1. The molecule has 0 aliphatic rings. The quantitative estimate of drug-likeness (QED) is 0.108. The summed E-state index contributed by atoms with van der Waals surface area (Å²) in [6.45, 7) is 6.64. The van der Waals surface area contributed by atoms with Crippen LogP contribution < -0.4 is 5.32 Å². The van der Waals surface area contributed by atoms with E-state index in [-0.39, 0.29) is 17.4 Å². The van der Waals surface area contributed by atoms with Gasteiger partial charge in [0, 0.05) is 36.6 Å². The summed E-state index contributed by atoms with van der Waals surface area (Å²) in [7, 11) is 0. The summed E-state index contributed by atoms with van der Waals surface area (Å²) < 4.78 is 5.33. The Balaban J connectivity index is 1.40. The van der Waals surface area contributed by atoms with Crippen molar-refractivity contribution in [1.82, 2.24) is 9.97 Å². The molecule has 6 heteroatoms. The molecule has 0 saturated heterocycles. The number of nitrogens with zero attached hydrogens (tertiary/aromatic N) is 1. The van der Waals surface area contributed by atoms with Crippen molar-refractivity contribution in [3.63, 3.8) is 0 Å². The maximum absolute atomic E-state index is 12.2. The molecule has 35 heavy (non-hydrogen) atoms. The van der Waals surface area contributed by atoms with Gasteiger partial charge in [0.15, 0.2) is 5.82 Å². The molecule has 0 atom stereocenters. The summed E-state index contributed by atoms with van der Waals surface area (Å²) in [5, 5.41) is 3.41. The van der Waals surface area contributed by atoms with Crippen LogP contribution in [0.5, 0.6) is 0 Å². The normalized spacial score (nSPS) is 11.6. The smallest absolute Gasteiger partial charge is 0.306 e. The van der Waals surface area contributed by atoms with Crippen molar-refractivity contribution < 1.29 is 14.3 Å². The fourth-order valence-corrected chi connectivity index (χ4v) is 3.76. The third-order valence-corrected chi connectivity index (χ3v) is 5.58. The zero-order valence-electron chi connectivity index (χ0n) is 21.8. The highest BCUT2D eigenvalue weighted by molar-refractivity contribution is 6.06. The van der Waals surface area contributed by atoms with E-state index in [2.05, 4.69) is 27.4 Å². The molecule has 0 radical (unpaired) electrons. The molecular formula is C29H43N3O3. The Morgan fingerprint density at radius 1 is 0.914 bits per heavy atom. The Labute approximate surface area is 211 Å². The summed E-state index contributed by atoms with van der Waals surface area (Å²) in [4.78, 5) is 30.7. The van der Waals surface area contributed by atoms with Gasteiger partial charge in [-0.15, -0.1) is 0 Å². The number of aromatic amines is 1. The molecule has 0 saturated carbocycles. The van der Waals surface area contributed by atoms with Crippen LogP contribution in [0.4, 0.5) is 5.69 Å². The van der Waals surface area contributed by atoms with Crippen LogP contribution >= 0.6 is 0 Å². The zero-order chi connectivity index (χ0) is 25.4. The molecule has 2 rings (SSSR count). The van der Waals surface area contributed by atoms with Gasteiger partial charge in [-0.25, -0.2) is 4.98 Å². The van der Waals surface area contributed by atoms with Gasteiger partial charge >= 0.3 is 5.97 Å². The van der Waals surface area contributed by atoms with Gasteiger partial charge < -0.3 is 15.0 Å². The van der Waals surface area contributed by atoms with E-state index in [4.69, 9.17) is 4.74 Å². The van der Waals surface area contributed by atoms with E-state index in [0.29, 0.717) is 17.8 Å². The lowest BCUT2D eigenvalue weighted by atomic mass is 10.1. The van der Waals surface area contributed by atoms with E-state index in [1.807, 2.05) is 45.0 Å². The first-order chi connectivity index (χ1) is 16.8. The van der Waals surface area contributed by atoms with Crippen LogP contribution in [0, 0.1) is 0 Å². The fraction of sp³-hybridized carbons (Fsp3) is 0.552. The molecule has 6 nitrogen and oxygen atoms in total. The van der Waals surface area contributed by atoms with Crippen LogP contribution in [-0.4, -0.2) is 33.9 Å². The second-order valence-corrected chi connectivity index (χ2v) is 9.98. The minimum absolute atomic E-state index is 0.0755. The van der Waals surface area contributed by atoms with E-state index < -0.39 is 0 Å². The Morgan fingerprint density at radius 2 is 1.54 bits per heavy atom. The summed E-state index contributed by atoms with van der Waals surface area (Å²) in [6, 6.07) is 7.54. The van der Waals surface area contributed by atoms with Gasteiger partial charge in [-0.1, -0.05) is 44.3 Å². The number of nitrogens with one attached hydrogen (secondary N) is 2. The van der Waals surface area contributed by atoms with Gasteiger partial charge in [-0.2, -0.15) is 0 Å². The summed E-state index contributed by atoms with van der Waals surface area (Å²) in [6.07, 6.45) is 19.9. The summed E-state index contributed by atoms with van der Waals surface area (Å²) in [5.74, 6) is 0.195. The molecule has 2 N–H and O–H groups in total. The number of unbranched alkanes of at least 4 members (excludes halogenated alkanes) is 8. The minimum atomic E-state index is -0.374. The van der Waals surface area contributed by atoms with Gasteiger partial charge in [-0.05, 0) is 77.1 Å². The SMILES string of the molecule is CC(C)(C)OC(=O)CCCCCCCCCC=CCCCNc1ccc(C(=O)c2ncc[nH]2)cc1. The van der Waals surface area contributed by atoms with Crippen LogP contribution in [-0.2, 0) is 9.53 Å². The van der Waals surface area contributed by atoms with Gasteiger partial charge in [0.25, 0.3) is 0 Å².